The van der Waals surface area contributed by atoms with Gasteiger partial charge in [0.05, 0.1) is 5.56 Å². The number of hydrogen-bond donors (Lipinski definition) is 1. The van der Waals surface area contributed by atoms with Gasteiger partial charge in [0.1, 0.15) is 6.61 Å². The number of nitrogens with zero attached hydrogens (tertiary/aromatic N) is 2. The Hall–Kier alpha value is -2.43. The van der Waals surface area contributed by atoms with Crippen LogP contribution in [0.2, 0.25) is 0 Å². The Morgan fingerprint density at radius 1 is 1.20 bits per heavy atom. The molecule has 0 spiro atoms. The molecule has 132 valence electrons. The van der Waals surface area contributed by atoms with E-state index in [1.54, 1.807) is 30.7 Å². The van der Waals surface area contributed by atoms with Crippen LogP contribution in [0.15, 0.2) is 42.9 Å². The maximum absolute atomic E-state index is 12.4. The highest BCUT2D eigenvalue weighted by atomic mass is 16.5. The largest absolute Gasteiger partial charge is 0.473 e. The maximum atomic E-state index is 12.4. The topological polar surface area (TPSA) is 64.1 Å². The van der Waals surface area contributed by atoms with Gasteiger partial charge in [0, 0.05) is 30.7 Å². The van der Waals surface area contributed by atoms with E-state index >= 15 is 0 Å². The van der Waals surface area contributed by atoms with Crippen molar-refractivity contribution in [2.24, 2.45) is 5.92 Å². The molecule has 2 aromatic rings. The second-order valence-electron chi connectivity index (χ2n) is 6.69. The minimum atomic E-state index is -0.0637. The van der Waals surface area contributed by atoms with Crippen LogP contribution in [-0.4, -0.2) is 21.9 Å². The fourth-order valence-corrected chi connectivity index (χ4v) is 3.28. The van der Waals surface area contributed by atoms with Gasteiger partial charge in [-0.15, -0.1) is 0 Å². The number of pyridine rings is 2. The van der Waals surface area contributed by atoms with Crippen molar-refractivity contribution in [3.63, 3.8) is 0 Å². The van der Waals surface area contributed by atoms with Crippen molar-refractivity contribution in [3.05, 3.63) is 54.0 Å². The zero-order valence-electron chi connectivity index (χ0n) is 14.6. The normalized spacial score (nSPS) is 16.2. The van der Waals surface area contributed by atoms with Crippen LogP contribution in [0.4, 0.5) is 0 Å². The molecule has 2 heterocycles. The van der Waals surface area contributed by atoms with Gasteiger partial charge in [0.25, 0.3) is 5.91 Å². The molecule has 1 saturated carbocycles. The molecule has 1 amide bonds. The zero-order chi connectivity index (χ0) is 17.5. The zero-order valence-corrected chi connectivity index (χ0v) is 14.6. The summed E-state index contributed by atoms with van der Waals surface area (Å²) in [6, 6.07) is 7.50. The van der Waals surface area contributed by atoms with Crippen LogP contribution >= 0.6 is 0 Å². The molecular weight excluding hydrogens is 314 g/mol. The number of nitrogens with one attached hydrogen (secondary N) is 1. The van der Waals surface area contributed by atoms with Gasteiger partial charge >= 0.3 is 0 Å². The number of hydrogen-bond acceptors (Lipinski definition) is 4. The van der Waals surface area contributed by atoms with Gasteiger partial charge in [-0.3, -0.25) is 9.78 Å². The summed E-state index contributed by atoms with van der Waals surface area (Å²) in [6.07, 6.45) is 11.3. The van der Waals surface area contributed by atoms with Crippen molar-refractivity contribution < 1.29 is 9.53 Å². The summed E-state index contributed by atoms with van der Waals surface area (Å²) in [5.74, 6) is 1.04. The number of rotatable bonds is 6. The SMILES string of the molecule is C[C@@H](NC(=O)c1ccc(OCc2ccncc2)nc1)C1CCCCC1. The lowest BCUT2D eigenvalue weighted by molar-refractivity contribution is 0.0919. The van der Waals surface area contributed by atoms with Gasteiger partial charge in [-0.1, -0.05) is 19.3 Å². The smallest absolute Gasteiger partial charge is 0.253 e. The predicted octanol–water partition coefficient (Wildman–Crippen LogP) is 3.75. The van der Waals surface area contributed by atoms with E-state index in [-0.39, 0.29) is 11.9 Å². The van der Waals surface area contributed by atoms with Crippen LogP contribution in [0.25, 0.3) is 0 Å². The molecule has 0 bridgehead atoms. The Balaban J connectivity index is 1.51. The van der Waals surface area contributed by atoms with Crippen molar-refractivity contribution in [1.82, 2.24) is 15.3 Å². The summed E-state index contributed by atoms with van der Waals surface area (Å²) in [5, 5.41) is 3.12. The number of aromatic nitrogens is 2. The molecule has 0 aromatic carbocycles. The summed E-state index contributed by atoms with van der Waals surface area (Å²) in [7, 11) is 0. The average Bonchev–Trinajstić information content (AvgIpc) is 2.68. The quantitative estimate of drug-likeness (QED) is 0.870. The Labute approximate surface area is 148 Å². The molecule has 0 radical (unpaired) electrons. The lowest BCUT2D eigenvalue weighted by Gasteiger charge is -2.28. The minimum Gasteiger partial charge on any atom is -0.473 e. The van der Waals surface area contributed by atoms with E-state index < -0.39 is 0 Å². The molecule has 25 heavy (non-hydrogen) atoms. The van der Waals surface area contributed by atoms with E-state index in [2.05, 4.69) is 22.2 Å². The number of amides is 1. The van der Waals surface area contributed by atoms with Gasteiger partial charge in [-0.05, 0) is 49.4 Å². The molecule has 1 atom stereocenters. The molecule has 2 aromatic heterocycles. The maximum Gasteiger partial charge on any atom is 0.253 e. The fraction of sp³-hybridized carbons (Fsp3) is 0.450. The van der Waals surface area contributed by atoms with Gasteiger partial charge < -0.3 is 10.1 Å². The monoisotopic (exact) mass is 339 g/mol. The van der Waals surface area contributed by atoms with Crippen LogP contribution in [0.5, 0.6) is 5.88 Å². The van der Waals surface area contributed by atoms with E-state index in [4.69, 9.17) is 4.74 Å². The first-order valence-corrected chi connectivity index (χ1v) is 9.01. The molecular formula is C20H25N3O2. The van der Waals surface area contributed by atoms with E-state index in [9.17, 15) is 4.79 Å². The third-order valence-corrected chi connectivity index (χ3v) is 4.85. The summed E-state index contributed by atoms with van der Waals surface area (Å²) in [5.41, 5.74) is 1.60. The number of carbonyl (C=O) groups is 1. The number of ether oxygens (including phenoxy) is 1. The van der Waals surface area contributed by atoms with Gasteiger partial charge in [0.2, 0.25) is 5.88 Å². The van der Waals surface area contributed by atoms with E-state index in [0.29, 0.717) is 24.0 Å². The second kappa shape index (κ2) is 8.60. The molecule has 1 fully saturated rings. The van der Waals surface area contributed by atoms with E-state index in [0.717, 1.165) is 5.56 Å². The average molecular weight is 339 g/mol. The highest BCUT2D eigenvalue weighted by molar-refractivity contribution is 5.94. The molecule has 1 N–H and O–H groups in total. The van der Waals surface area contributed by atoms with Crippen LogP contribution in [-0.2, 0) is 6.61 Å². The molecule has 0 unspecified atom stereocenters. The van der Waals surface area contributed by atoms with Crippen molar-refractivity contribution in [2.75, 3.05) is 0 Å². The standard InChI is InChI=1S/C20H25N3O2/c1-15(17-5-3-2-4-6-17)23-20(24)18-7-8-19(22-13-18)25-14-16-9-11-21-12-10-16/h7-13,15,17H,2-6,14H2,1H3,(H,23,24)/t15-/m1/s1. The summed E-state index contributed by atoms with van der Waals surface area (Å²) < 4.78 is 5.63. The molecule has 1 aliphatic carbocycles. The molecule has 0 saturated heterocycles. The predicted molar refractivity (Wildman–Crippen MR) is 96.3 cm³/mol. The van der Waals surface area contributed by atoms with E-state index in [1.165, 1.54) is 32.1 Å². The lowest BCUT2D eigenvalue weighted by atomic mass is 9.84. The summed E-state index contributed by atoms with van der Waals surface area (Å²) in [6.45, 7) is 2.54. The minimum absolute atomic E-state index is 0.0637. The molecule has 5 heteroatoms. The third kappa shape index (κ3) is 5.02. The lowest BCUT2D eigenvalue weighted by Crippen LogP contribution is -2.38. The summed E-state index contributed by atoms with van der Waals surface area (Å²) >= 11 is 0. The first-order valence-electron chi connectivity index (χ1n) is 9.01. The first kappa shape index (κ1) is 17.4. The van der Waals surface area contributed by atoms with Gasteiger partial charge in [-0.25, -0.2) is 4.98 Å². The van der Waals surface area contributed by atoms with E-state index in [1.807, 2.05) is 12.1 Å². The van der Waals surface area contributed by atoms with Crippen molar-refractivity contribution in [1.29, 1.82) is 0 Å². The number of carbonyl (C=O) groups excluding carboxylic acids is 1. The van der Waals surface area contributed by atoms with Crippen LogP contribution in [0, 0.1) is 5.92 Å². The molecule has 5 nitrogen and oxygen atoms in total. The van der Waals surface area contributed by atoms with Crippen molar-refractivity contribution in [3.8, 4) is 5.88 Å². The van der Waals surface area contributed by atoms with Gasteiger partial charge in [0.15, 0.2) is 0 Å². The fourth-order valence-electron chi connectivity index (χ4n) is 3.28. The molecule has 1 aliphatic rings. The first-order chi connectivity index (χ1) is 12.2. The van der Waals surface area contributed by atoms with Crippen molar-refractivity contribution >= 4 is 5.91 Å². The van der Waals surface area contributed by atoms with Gasteiger partial charge in [-0.2, -0.15) is 0 Å². The Bertz CT molecular complexity index is 667. The summed E-state index contributed by atoms with van der Waals surface area (Å²) in [4.78, 5) is 20.6. The molecule has 0 aliphatic heterocycles. The highest BCUT2D eigenvalue weighted by Gasteiger charge is 2.21. The van der Waals surface area contributed by atoms with Crippen LogP contribution in [0.3, 0.4) is 0 Å². The Morgan fingerprint density at radius 2 is 1.96 bits per heavy atom. The highest BCUT2D eigenvalue weighted by Crippen LogP contribution is 2.26. The third-order valence-electron chi connectivity index (χ3n) is 4.85. The Kier molecular flexibility index (Phi) is 5.99. The van der Waals surface area contributed by atoms with Crippen LogP contribution in [0.1, 0.15) is 54.9 Å². The Morgan fingerprint density at radius 3 is 2.64 bits per heavy atom. The second-order valence-corrected chi connectivity index (χ2v) is 6.69. The van der Waals surface area contributed by atoms with Crippen LogP contribution < -0.4 is 10.1 Å². The molecule has 3 rings (SSSR count). The van der Waals surface area contributed by atoms with Crippen molar-refractivity contribution in [2.45, 2.75) is 51.7 Å².